The molecule has 150 valence electrons. The molecular weight excluding hydrogens is 320 g/mol. The standard InChI is InChI=1S/C22H42N4/c1-7-21(5,23)17-26-16-19-11-9-18(10-12-19)15-25-14-13-20(3,4)22(6,24)8-2/h9-12,25-26H,7-8,13-17,23-24H2,1-6H3. The molecule has 0 aliphatic carbocycles. The molecule has 0 saturated heterocycles. The molecular formula is C22H42N4. The third kappa shape index (κ3) is 7.36. The number of rotatable bonds is 12. The number of nitrogens with one attached hydrogen (secondary N) is 2. The fourth-order valence-electron chi connectivity index (χ4n) is 2.79. The lowest BCUT2D eigenvalue weighted by atomic mass is 9.70. The van der Waals surface area contributed by atoms with Gasteiger partial charge in [-0.2, -0.15) is 0 Å². The van der Waals surface area contributed by atoms with Crippen LogP contribution in [-0.2, 0) is 13.1 Å². The van der Waals surface area contributed by atoms with E-state index >= 15 is 0 Å². The summed E-state index contributed by atoms with van der Waals surface area (Å²) >= 11 is 0. The molecule has 0 aliphatic heterocycles. The predicted octanol–water partition coefficient (Wildman–Crippen LogP) is 3.54. The summed E-state index contributed by atoms with van der Waals surface area (Å²) in [5.74, 6) is 0. The third-order valence-corrected chi connectivity index (χ3v) is 6.23. The van der Waals surface area contributed by atoms with E-state index < -0.39 is 0 Å². The van der Waals surface area contributed by atoms with Crippen molar-refractivity contribution in [1.29, 1.82) is 0 Å². The zero-order chi connectivity index (χ0) is 19.8. The first-order valence-corrected chi connectivity index (χ1v) is 10.1. The minimum Gasteiger partial charge on any atom is -0.325 e. The summed E-state index contributed by atoms with van der Waals surface area (Å²) in [5, 5.41) is 7.00. The van der Waals surface area contributed by atoms with Gasteiger partial charge in [-0.3, -0.25) is 0 Å². The molecule has 0 aliphatic rings. The zero-order valence-corrected chi connectivity index (χ0v) is 17.9. The van der Waals surface area contributed by atoms with E-state index in [2.05, 4.69) is 76.4 Å². The lowest BCUT2D eigenvalue weighted by molar-refractivity contribution is 0.161. The van der Waals surface area contributed by atoms with E-state index in [4.69, 9.17) is 11.5 Å². The van der Waals surface area contributed by atoms with Crippen molar-refractivity contribution in [1.82, 2.24) is 10.6 Å². The van der Waals surface area contributed by atoms with Gasteiger partial charge in [0, 0.05) is 30.7 Å². The molecule has 4 heteroatoms. The maximum Gasteiger partial charge on any atom is 0.0249 e. The predicted molar refractivity (Wildman–Crippen MR) is 114 cm³/mol. The molecule has 2 unspecified atom stereocenters. The largest absolute Gasteiger partial charge is 0.325 e. The minimum atomic E-state index is -0.130. The summed E-state index contributed by atoms with van der Waals surface area (Å²) in [5.41, 5.74) is 15.1. The van der Waals surface area contributed by atoms with Gasteiger partial charge in [0.05, 0.1) is 0 Å². The first-order valence-electron chi connectivity index (χ1n) is 10.1. The van der Waals surface area contributed by atoms with E-state index in [-0.39, 0.29) is 16.5 Å². The summed E-state index contributed by atoms with van der Waals surface area (Å²) in [6.07, 6.45) is 3.05. The van der Waals surface area contributed by atoms with Crippen LogP contribution in [0.25, 0.3) is 0 Å². The van der Waals surface area contributed by atoms with Crippen molar-refractivity contribution in [3.05, 3.63) is 35.4 Å². The monoisotopic (exact) mass is 362 g/mol. The van der Waals surface area contributed by atoms with Gasteiger partial charge in [0.1, 0.15) is 0 Å². The lowest BCUT2D eigenvalue weighted by Crippen LogP contribution is -2.50. The van der Waals surface area contributed by atoms with Gasteiger partial charge in [0.2, 0.25) is 0 Å². The second kappa shape index (κ2) is 9.84. The van der Waals surface area contributed by atoms with Gasteiger partial charge in [-0.05, 0) is 56.2 Å². The highest BCUT2D eigenvalue weighted by Gasteiger charge is 2.35. The smallest absolute Gasteiger partial charge is 0.0249 e. The molecule has 4 nitrogen and oxygen atoms in total. The molecule has 1 aromatic carbocycles. The molecule has 0 fully saturated rings. The zero-order valence-electron chi connectivity index (χ0n) is 17.9. The van der Waals surface area contributed by atoms with Crippen molar-refractivity contribution in [2.45, 2.75) is 85.0 Å². The van der Waals surface area contributed by atoms with Gasteiger partial charge in [0.15, 0.2) is 0 Å². The van der Waals surface area contributed by atoms with Crippen LogP contribution in [-0.4, -0.2) is 24.2 Å². The summed E-state index contributed by atoms with van der Waals surface area (Å²) in [7, 11) is 0. The minimum absolute atomic E-state index is 0.124. The molecule has 0 radical (unpaired) electrons. The summed E-state index contributed by atoms with van der Waals surface area (Å²) in [6.45, 7) is 16.7. The number of nitrogens with two attached hydrogens (primary N) is 2. The van der Waals surface area contributed by atoms with Crippen LogP contribution in [0.1, 0.15) is 71.9 Å². The molecule has 6 N–H and O–H groups in total. The molecule has 1 rings (SSSR count). The van der Waals surface area contributed by atoms with Crippen LogP contribution >= 0.6 is 0 Å². The Kier molecular flexibility index (Phi) is 8.74. The molecule has 2 atom stereocenters. The van der Waals surface area contributed by atoms with Crippen LogP contribution in [0.3, 0.4) is 0 Å². The van der Waals surface area contributed by atoms with Crippen LogP contribution in [0.2, 0.25) is 0 Å². The summed E-state index contributed by atoms with van der Waals surface area (Å²) in [4.78, 5) is 0. The maximum atomic E-state index is 6.44. The van der Waals surface area contributed by atoms with Crippen LogP contribution in [0.5, 0.6) is 0 Å². The van der Waals surface area contributed by atoms with Gasteiger partial charge in [-0.25, -0.2) is 0 Å². The van der Waals surface area contributed by atoms with Gasteiger partial charge in [-0.1, -0.05) is 52.0 Å². The Morgan fingerprint density at radius 1 is 0.808 bits per heavy atom. The third-order valence-electron chi connectivity index (χ3n) is 6.23. The topological polar surface area (TPSA) is 76.1 Å². The average Bonchev–Trinajstić information content (AvgIpc) is 2.59. The second-order valence-corrected chi connectivity index (χ2v) is 9.01. The first-order chi connectivity index (χ1) is 12.0. The van der Waals surface area contributed by atoms with Gasteiger partial charge in [0.25, 0.3) is 0 Å². The van der Waals surface area contributed by atoms with E-state index in [0.29, 0.717) is 0 Å². The molecule has 0 amide bonds. The highest BCUT2D eigenvalue weighted by Crippen LogP contribution is 2.34. The van der Waals surface area contributed by atoms with Gasteiger partial charge in [-0.15, -0.1) is 0 Å². The van der Waals surface area contributed by atoms with Crippen molar-refractivity contribution in [2.75, 3.05) is 13.1 Å². The van der Waals surface area contributed by atoms with Crippen molar-refractivity contribution in [3.8, 4) is 0 Å². The van der Waals surface area contributed by atoms with Crippen molar-refractivity contribution in [2.24, 2.45) is 16.9 Å². The molecule has 0 spiro atoms. The maximum absolute atomic E-state index is 6.44. The van der Waals surface area contributed by atoms with Crippen molar-refractivity contribution in [3.63, 3.8) is 0 Å². The number of benzene rings is 1. The molecule has 1 aromatic rings. The Morgan fingerprint density at radius 2 is 1.31 bits per heavy atom. The second-order valence-electron chi connectivity index (χ2n) is 9.01. The fourth-order valence-corrected chi connectivity index (χ4v) is 2.79. The van der Waals surface area contributed by atoms with Crippen LogP contribution in [0.15, 0.2) is 24.3 Å². The SMILES string of the molecule is CCC(C)(N)CNCc1ccc(CNCCC(C)(C)C(C)(N)CC)cc1. The van der Waals surface area contributed by atoms with E-state index in [9.17, 15) is 0 Å². The fraction of sp³-hybridized carbons (Fsp3) is 0.727. The van der Waals surface area contributed by atoms with Crippen molar-refractivity contribution >= 4 is 0 Å². The number of hydrogen-bond acceptors (Lipinski definition) is 4. The lowest BCUT2D eigenvalue weighted by Gasteiger charge is -2.41. The first kappa shape index (κ1) is 23.1. The molecule has 0 aromatic heterocycles. The van der Waals surface area contributed by atoms with E-state index in [1.165, 1.54) is 11.1 Å². The Labute approximate surface area is 161 Å². The van der Waals surface area contributed by atoms with E-state index in [1.807, 2.05) is 0 Å². The normalized spacial score (nSPS) is 16.9. The Hall–Kier alpha value is -0.940. The average molecular weight is 363 g/mol. The van der Waals surface area contributed by atoms with Gasteiger partial charge >= 0.3 is 0 Å². The van der Waals surface area contributed by atoms with E-state index in [1.54, 1.807) is 0 Å². The highest BCUT2D eigenvalue weighted by atomic mass is 14.9. The Bertz CT molecular complexity index is 517. The summed E-state index contributed by atoms with van der Waals surface area (Å²) < 4.78 is 0. The number of hydrogen-bond donors (Lipinski definition) is 4. The van der Waals surface area contributed by atoms with Crippen LogP contribution < -0.4 is 22.1 Å². The van der Waals surface area contributed by atoms with E-state index in [0.717, 1.165) is 45.4 Å². The quantitative estimate of drug-likeness (QED) is 0.429. The highest BCUT2D eigenvalue weighted by molar-refractivity contribution is 5.22. The van der Waals surface area contributed by atoms with Crippen molar-refractivity contribution < 1.29 is 0 Å². The van der Waals surface area contributed by atoms with Gasteiger partial charge < -0.3 is 22.1 Å². The Balaban J connectivity index is 2.35. The molecule has 0 heterocycles. The summed E-state index contributed by atoms with van der Waals surface area (Å²) in [6, 6.07) is 8.80. The Morgan fingerprint density at radius 3 is 1.77 bits per heavy atom. The molecule has 0 saturated carbocycles. The van der Waals surface area contributed by atoms with Crippen LogP contribution in [0.4, 0.5) is 0 Å². The molecule has 26 heavy (non-hydrogen) atoms. The van der Waals surface area contributed by atoms with Crippen LogP contribution in [0, 0.1) is 5.41 Å². The molecule has 0 bridgehead atoms.